The second kappa shape index (κ2) is 10.9. The number of ether oxygens (including phenoxy) is 1. The molecule has 12 heteroatoms. The Kier molecular flexibility index (Phi) is 9.46. The van der Waals surface area contributed by atoms with Crippen molar-refractivity contribution in [1.29, 1.82) is 0 Å². The van der Waals surface area contributed by atoms with Gasteiger partial charge in [0.25, 0.3) is 0 Å². The van der Waals surface area contributed by atoms with E-state index in [9.17, 15) is 26.7 Å². The van der Waals surface area contributed by atoms with E-state index in [1.807, 2.05) is 27.7 Å². The van der Waals surface area contributed by atoms with E-state index in [-0.39, 0.29) is 25.2 Å². The molecular formula is C17H24F5NO5Si. The van der Waals surface area contributed by atoms with Gasteiger partial charge in [-0.15, -0.1) is 0 Å². The molecule has 0 aliphatic rings. The van der Waals surface area contributed by atoms with Gasteiger partial charge in [-0.1, -0.05) is 0 Å². The third-order valence-corrected chi connectivity index (χ3v) is 6.68. The molecule has 0 heterocycles. The monoisotopic (exact) mass is 445 g/mol. The quantitative estimate of drug-likeness (QED) is 0.191. The van der Waals surface area contributed by atoms with Gasteiger partial charge in [0.1, 0.15) is 0 Å². The minimum Gasteiger partial charge on any atom is -0.404 e. The Morgan fingerprint density at radius 1 is 0.897 bits per heavy atom. The number of benzene rings is 1. The average molecular weight is 445 g/mol. The standard InChI is InChI=1S/C17H24F5NO5Si/c1-9(2)27-29(25-5,28-10(3)4)8-6-7-23-17(24)26-16-14(21)12(19)11(18)13(20)15(16)22/h9-10H,6-8H2,1-5H3,(H,23,24). The lowest BCUT2D eigenvalue weighted by molar-refractivity contribution is 0.0324. The molecule has 166 valence electrons. The minimum absolute atomic E-state index is 0.0464. The number of hydrogen-bond donors (Lipinski definition) is 1. The van der Waals surface area contributed by atoms with Crippen LogP contribution in [0.4, 0.5) is 26.7 Å². The molecule has 1 aromatic carbocycles. The number of hydrogen-bond acceptors (Lipinski definition) is 5. The van der Waals surface area contributed by atoms with Crippen LogP contribution in [0.2, 0.25) is 6.04 Å². The molecule has 0 saturated heterocycles. The van der Waals surface area contributed by atoms with E-state index in [1.54, 1.807) is 0 Å². The summed E-state index contributed by atoms with van der Waals surface area (Å²) >= 11 is 0. The number of nitrogens with one attached hydrogen (secondary N) is 1. The number of carbonyl (C=O) groups excluding carboxylic acids is 1. The smallest absolute Gasteiger partial charge is 0.404 e. The Labute approximate surface area is 166 Å². The molecule has 29 heavy (non-hydrogen) atoms. The van der Waals surface area contributed by atoms with Gasteiger partial charge in [-0.25, -0.2) is 18.0 Å². The van der Waals surface area contributed by atoms with E-state index in [2.05, 4.69) is 10.1 Å². The molecule has 0 saturated carbocycles. The molecule has 0 radical (unpaired) electrons. The van der Waals surface area contributed by atoms with Gasteiger partial charge in [0.05, 0.1) is 0 Å². The normalized spacial score (nSPS) is 12.0. The SMILES string of the molecule is CO[Si](CCCNC(=O)Oc1c(F)c(F)c(F)c(F)c1F)(OC(C)C)OC(C)C. The fourth-order valence-electron chi connectivity index (χ4n) is 2.36. The molecule has 0 atom stereocenters. The molecule has 0 aliphatic carbocycles. The summed E-state index contributed by atoms with van der Waals surface area (Å²) in [6, 6.07) is 0.308. The number of carbonyl (C=O) groups is 1. The van der Waals surface area contributed by atoms with Crippen LogP contribution in [0.25, 0.3) is 0 Å². The third kappa shape index (κ3) is 6.91. The van der Waals surface area contributed by atoms with E-state index in [4.69, 9.17) is 13.3 Å². The molecule has 0 bridgehead atoms. The van der Waals surface area contributed by atoms with Gasteiger partial charge in [-0.2, -0.15) is 8.78 Å². The lowest BCUT2D eigenvalue weighted by Gasteiger charge is -2.31. The summed E-state index contributed by atoms with van der Waals surface area (Å²) in [4.78, 5) is 11.7. The first kappa shape index (κ1) is 25.3. The predicted molar refractivity (Wildman–Crippen MR) is 94.9 cm³/mol. The van der Waals surface area contributed by atoms with Crippen molar-refractivity contribution in [2.45, 2.75) is 52.4 Å². The summed E-state index contributed by atoms with van der Waals surface area (Å²) in [6.45, 7) is 7.19. The third-order valence-electron chi connectivity index (χ3n) is 3.43. The predicted octanol–water partition coefficient (Wildman–Crippen LogP) is 4.30. The summed E-state index contributed by atoms with van der Waals surface area (Å²) in [7, 11) is -1.59. The Bertz CT molecular complexity index is 681. The second-order valence-corrected chi connectivity index (χ2v) is 9.28. The van der Waals surface area contributed by atoms with E-state index >= 15 is 0 Å². The number of amides is 1. The molecule has 1 aromatic rings. The first-order valence-corrected chi connectivity index (χ1v) is 10.7. The van der Waals surface area contributed by atoms with Gasteiger partial charge in [0.15, 0.2) is 0 Å². The molecule has 1 N–H and O–H groups in total. The van der Waals surface area contributed by atoms with E-state index in [0.717, 1.165) is 0 Å². The van der Waals surface area contributed by atoms with Gasteiger partial charge in [-0.05, 0) is 34.1 Å². The zero-order valence-corrected chi connectivity index (χ0v) is 17.7. The molecule has 0 aromatic heterocycles. The minimum atomic E-state index is -3.03. The van der Waals surface area contributed by atoms with Crippen LogP contribution in [0.1, 0.15) is 34.1 Å². The van der Waals surface area contributed by atoms with Crippen LogP contribution in [0.3, 0.4) is 0 Å². The highest BCUT2D eigenvalue weighted by atomic mass is 28.4. The average Bonchev–Trinajstić information content (AvgIpc) is 2.64. The van der Waals surface area contributed by atoms with Gasteiger partial charge >= 0.3 is 14.9 Å². The molecule has 0 spiro atoms. The highest BCUT2D eigenvalue weighted by Gasteiger charge is 2.41. The number of halogens is 5. The number of rotatable bonds is 10. The lowest BCUT2D eigenvalue weighted by atomic mass is 10.2. The summed E-state index contributed by atoms with van der Waals surface area (Å²) < 4.78 is 87.6. The van der Waals surface area contributed by atoms with Crippen LogP contribution in [-0.2, 0) is 13.3 Å². The van der Waals surface area contributed by atoms with Crippen molar-refractivity contribution >= 4 is 14.9 Å². The van der Waals surface area contributed by atoms with E-state index in [1.165, 1.54) is 7.11 Å². The fraction of sp³-hybridized carbons (Fsp3) is 0.588. The molecular weight excluding hydrogens is 421 g/mol. The maximum absolute atomic E-state index is 13.5. The molecule has 1 amide bonds. The van der Waals surface area contributed by atoms with Crippen molar-refractivity contribution in [2.24, 2.45) is 0 Å². The Morgan fingerprint density at radius 3 is 1.76 bits per heavy atom. The summed E-state index contributed by atoms with van der Waals surface area (Å²) in [6.07, 6.45) is -1.45. The fourth-order valence-corrected chi connectivity index (χ4v) is 5.09. The van der Waals surface area contributed by atoms with Crippen LogP contribution < -0.4 is 10.1 Å². The highest BCUT2D eigenvalue weighted by molar-refractivity contribution is 6.60. The van der Waals surface area contributed by atoms with Crippen molar-refractivity contribution < 1.29 is 44.8 Å². The first-order chi connectivity index (χ1) is 13.4. The van der Waals surface area contributed by atoms with Crippen molar-refractivity contribution in [1.82, 2.24) is 5.32 Å². The summed E-state index contributed by atoms with van der Waals surface area (Å²) in [5.41, 5.74) is 0. The van der Waals surface area contributed by atoms with Gasteiger partial charge in [0, 0.05) is 31.9 Å². The van der Waals surface area contributed by atoms with Crippen molar-refractivity contribution in [3.63, 3.8) is 0 Å². The van der Waals surface area contributed by atoms with Gasteiger partial charge < -0.3 is 23.3 Å². The maximum Gasteiger partial charge on any atom is 0.501 e. The molecule has 0 aliphatic heterocycles. The summed E-state index contributed by atoms with van der Waals surface area (Å²) in [5, 5.41) is 2.16. The first-order valence-electron chi connectivity index (χ1n) is 8.82. The van der Waals surface area contributed by atoms with Crippen LogP contribution in [0, 0.1) is 29.1 Å². The van der Waals surface area contributed by atoms with Crippen LogP contribution in [0.5, 0.6) is 5.75 Å². The van der Waals surface area contributed by atoms with E-state index in [0.29, 0.717) is 6.04 Å². The second-order valence-electron chi connectivity index (χ2n) is 6.54. The zero-order chi connectivity index (χ0) is 22.4. The van der Waals surface area contributed by atoms with Crippen molar-refractivity contribution in [3.8, 4) is 5.75 Å². The Balaban J connectivity index is 2.70. The largest absolute Gasteiger partial charge is 0.501 e. The van der Waals surface area contributed by atoms with Crippen molar-refractivity contribution in [2.75, 3.05) is 13.7 Å². The topological polar surface area (TPSA) is 66.0 Å². The van der Waals surface area contributed by atoms with E-state index < -0.39 is 49.7 Å². The molecule has 0 fully saturated rings. The molecule has 6 nitrogen and oxygen atoms in total. The van der Waals surface area contributed by atoms with Crippen LogP contribution in [0.15, 0.2) is 0 Å². The Hall–Kier alpha value is -1.76. The van der Waals surface area contributed by atoms with Crippen molar-refractivity contribution in [3.05, 3.63) is 29.1 Å². The van der Waals surface area contributed by atoms with Gasteiger partial charge in [0.2, 0.25) is 34.8 Å². The highest BCUT2D eigenvalue weighted by Crippen LogP contribution is 2.29. The molecule has 0 unspecified atom stereocenters. The van der Waals surface area contributed by atoms with Gasteiger partial charge in [-0.3, -0.25) is 0 Å². The molecule has 1 rings (SSSR count). The van der Waals surface area contributed by atoms with Crippen LogP contribution >= 0.6 is 0 Å². The van der Waals surface area contributed by atoms with Crippen LogP contribution in [-0.4, -0.2) is 40.8 Å². The Morgan fingerprint density at radius 2 is 1.34 bits per heavy atom. The maximum atomic E-state index is 13.5. The zero-order valence-electron chi connectivity index (χ0n) is 16.7. The lowest BCUT2D eigenvalue weighted by Crippen LogP contribution is -2.48. The summed E-state index contributed by atoms with van der Waals surface area (Å²) in [5.74, 6) is -12.9.